The van der Waals surface area contributed by atoms with E-state index < -0.39 is 11.6 Å². The lowest BCUT2D eigenvalue weighted by Gasteiger charge is -2.22. The molecule has 5 nitrogen and oxygen atoms in total. The molecule has 0 bridgehead atoms. The topological polar surface area (TPSA) is 86.6 Å². The molecular formula is C11H11NO4S. The fourth-order valence-corrected chi connectivity index (χ4v) is 2.30. The van der Waals surface area contributed by atoms with Crippen molar-refractivity contribution in [1.82, 2.24) is 0 Å². The number of nitrogens with one attached hydrogen (secondary N) is 1. The highest BCUT2D eigenvalue weighted by Gasteiger charge is 2.33. The fraction of sp³-hybridized carbons (Fsp3) is 0.273. The maximum Gasteiger partial charge on any atom is 0.340 e. The van der Waals surface area contributed by atoms with Crippen LogP contribution in [0.2, 0.25) is 0 Å². The number of carbonyl (C=O) groups excluding carboxylic acids is 1. The minimum absolute atomic E-state index is 0.130. The highest BCUT2D eigenvalue weighted by atomic mass is 32.2. The van der Waals surface area contributed by atoms with Gasteiger partial charge in [-0.15, -0.1) is 11.8 Å². The SMILES string of the molecule is CC(O)(C(=O)O)c1ccc2c(c1)NC(=O)CS2. The molecule has 90 valence electrons. The van der Waals surface area contributed by atoms with Crippen molar-refractivity contribution in [2.45, 2.75) is 17.4 Å². The van der Waals surface area contributed by atoms with Crippen molar-refractivity contribution in [1.29, 1.82) is 0 Å². The summed E-state index contributed by atoms with van der Waals surface area (Å²) in [4.78, 5) is 23.0. The maximum absolute atomic E-state index is 11.2. The molecular weight excluding hydrogens is 242 g/mol. The van der Waals surface area contributed by atoms with E-state index in [-0.39, 0.29) is 11.5 Å². The van der Waals surface area contributed by atoms with Crippen LogP contribution in [0.15, 0.2) is 23.1 Å². The number of hydrogen-bond donors (Lipinski definition) is 3. The molecule has 1 aliphatic heterocycles. The summed E-state index contributed by atoms with van der Waals surface area (Å²) in [5.74, 6) is -1.11. The van der Waals surface area contributed by atoms with E-state index in [0.29, 0.717) is 11.4 Å². The second kappa shape index (κ2) is 4.05. The predicted molar refractivity (Wildman–Crippen MR) is 63.0 cm³/mol. The molecule has 2 rings (SSSR count). The van der Waals surface area contributed by atoms with Crippen molar-refractivity contribution in [3.8, 4) is 0 Å². The molecule has 1 atom stereocenters. The molecule has 1 unspecified atom stereocenters. The second-order valence-electron chi connectivity index (χ2n) is 3.93. The van der Waals surface area contributed by atoms with Crippen LogP contribution in [0.5, 0.6) is 0 Å². The van der Waals surface area contributed by atoms with Crippen molar-refractivity contribution in [3.63, 3.8) is 0 Å². The number of carboxylic acid groups (broad SMARTS) is 1. The van der Waals surface area contributed by atoms with Gasteiger partial charge in [-0.1, -0.05) is 6.07 Å². The third kappa shape index (κ3) is 2.13. The number of amides is 1. The molecule has 0 aromatic heterocycles. The zero-order valence-electron chi connectivity index (χ0n) is 9.06. The van der Waals surface area contributed by atoms with Crippen LogP contribution in [0.4, 0.5) is 5.69 Å². The normalized spacial score (nSPS) is 17.9. The van der Waals surface area contributed by atoms with E-state index in [1.807, 2.05) is 0 Å². The summed E-state index contributed by atoms with van der Waals surface area (Å²) in [5, 5.41) is 21.4. The molecule has 1 aliphatic rings. The molecule has 0 spiro atoms. The molecule has 1 heterocycles. The van der Waals surface area contributed by atoms with Gasteiger partial charge in [0.2, 0.25) is 5.91 Å². The molecule has 0 saturated heterocycles. The van der Waals surface area contributed by atoms with Crippen molar-refractivity contribution in [2.75, 3.05) is 11.1 Å². The number of benzene rings is 1. The van der Waals surface area contributed by atoms with Crippen molar-refractivity contribution in [3.05, 3.63) is 23.8 Å². The van der Waals surface area contributed by atoms with Crippen molar-refractivity contribution >= 4 is 29.3 Å². The first kappa shape index (κ1) is 11.9. The summed E-state index contributed by atoms with van der Waals surface area (Å²) in [5.41, 5.74) is -1.17. The highest BCUT2D eigenvalue weighted by Crippen LogP contribution is 2.34. The molecule has 1 aromatic carbocycles. The molecule has 1 aromatic rings. The number of anilines is 1. The number of fused-ring (bicyclic) bond motifs is 1. The average molecular weight is 253 g/mol. The van der Waals surface area contributed by atoms with Gasteiger partial charge in [-0.3, -0.25) is 4.79 Å². The third-order valence-electron chi connectivity index (χ3n) is 2.59. The van der Waals surface area contributed by atoms with Crippen LogP contribution in [0.3, 0.4) is 0 Å². The molecule has 3 N–H and O–H groups in total. The van der Waals surface area contributed by atoms with Crippen LogP contribution in [0, 0.1) is 0 Å². The standard InChI is InChI=1S/C11H11NO4S/c1-11(16,10(14)15)6-2-3-8-7(4-6)12-9(13)5-17-8/h2-4,16H,5H2,1H3,(H,12,13)(H,14,15). The lowest BCUT2D eigenvalue weighted by molar-refractivity contribution is -0.157. The van der Waals surface area contributed by atoms with Crippen LogP contribution in [0.25, 0.3) is 0 Å². The first-order valence-corrected chi connectivity index (χ1v) is 5.93. The van der Waals surface area contributed by atoms with E-state index in [2.05, 4.69) is 5.32 Å². The predicted octanol–water partition coefficient (Wildman–Crippen LogP) is 1.02. The Morgan fingerprint density at radius 2 is 2.24 bits per heavy atom. The van der Waals surface area contributed by atoms with Gasteiger partial charge in [-0.2, -0.15) is 0 Å². The average Bonchev–Trinajstić information content (AvgIpc) is 2.27. The van der Waals surface area contributed by atoms with Gasteiger partial charge in [0, 0.05) is 4.90 Å². The van der Waals surface area contributed by atoms with Crippen LogP contribution < -0.4 is 5.32 Å². The minimum atomic E-state index is -1.96. The van der Waals surface area contributed by atoms with Crippen molar-refractivity contribution in [2.24, 2.45) is 0 Å². The largest absolute Gasteiger partial charge is 0.479 e. The van der Waals surface area contributed by atoms with Gasteiger partial charge in [-0.25, -0.2) is 4.79 Å². The number of hydrogen-bond acceptors (Lipinski definition) is 4. The second-order valence-corrected chi connectivity index (χ2v) is 4.94. The minimum Gasteiger partial charge on any atom is -0.479 e. The Morgan fingerprint density at radius 3 is 2.88 bits per heavy atom. The van der Waals surface area contributed by atoms with Crippen LogP contribution in [-0.2, 0) is 15.2 Å². The Balaban J connectivity index is 2.43. The van der Waals surface area contributed by atoms with E-state index >= 15 is 0 Å². The summed E-state index contributed by atoms with van der Waals surface area (Å²) >= 11 is 1.38. The van der Waals surface area contributed by atoms with Gasteiger partial charge in [0.1, 0.15) is 0 Å². The summed E-state index contributed by atoms with van der Waals surface area (Å²) in [7, 11) is 0. The Labute approximate surface area is 102 Å². The Kier molecular flexibility index (Phi) is 2.84. The number of aliphatic hydroxyl groups is 1. The Bertz CT molecular complexity index is 498. The van der Waals surface area contributed by atoms with Gasteiger partial charge < -0.3 is 15.5 Å². The molecule has 6 heteroatoms. The van der Waals surface area contributed by atoms with Crippen LogP contribution in [-0.4, -0.2) is 27.8 Å². The van der Waals surface area contributed by atoms with E-state index in [1.54, 1.807) is 12.1 Å². The highest BCUT2D eigenvalue weighted by molar-refractivity contribution is 8.00. The van der Waals surface area contributed by atoms with E-state index in [0.717, 1.165) is 4.90 Å². The van der Waals surface area contributed by atoms with Crippen LogP contribution in [0.1, 0.15) is 12.5 Å². The summed E-state index contributed by atoms with van der Waals surface area (Å²) < 4.78 is 0. The van der Waals surface area contributed by atoms with Gasteiger partial charge in [0.15, 0.2) is 5.60 Å². The van der Waals surface area contributed by atoms with Crippen molar-refractivity contribution < 1.29 is 19.8 Å². The fourth-order valence-electron chi connectivity index (χ4n) is 1.51. The maximum atomic E-state index is 11.2. The molecule has 0 fully saturated rings. The molecule has 0 radical (unpaired) electrons. The number of thioether (sulfide) groups is 1. The number of carbonyl (C=O) groups is 2. The number of rotatable bonds is 2. The van der Waals surface area contributed by atoms with Gasteiger partial charge in [0.25, 0.3) is 0 Å². The summed E-state index contributed by atoms with van der Waals surface area (Å²) in [6, 6.07) is 4.75. The Morgan fingerprint density at radius 1 is 1.53 bits per heavy atom. The van der Waals surface area contributed by atoms with Crippen LogP contribution >= 0.6 is 11.8 Å². The van der Waals surface area contributed by atoms with Gasteiger partial charge >= 0.3 is 5.97 Å². The quantitative estimate of drug-likeness (QED) is 0.732. The first-order chi connectivity index (χ1) is 7.91. The zero-order chi connectivity index (χ0) is 12.6. The van der Waals surface area contributed by atoms with E-state index in [9.17, 15) is 14.7 Å². The lowest BCUT2D eigenvalue weighted by atomic mass is 9.96. The molecule has 0 aliphatic carbocycles. The van der Waals surface area contributed by atoms with E-state index in [1.165, 1.54) is 24.8 Å². The van der Waals surface area contributed by atoms with E-state index in [4.69, 9.17) is 5.11 Å². The summed E-state index contributed by atoms with van der Waals surface area (Å²) in [6.45, 7) is 1.20. The zero-order valence-corrected chi connectivity index (χ0v) is 9.87. The van der Waals surface area contributed by atoms with Gasteiger partial charge in [-0.05, 0) is 24.6 Å². The molecule has 17 heavy (non-hydrogen) atoms. The molecule has 0 saturated carbocycles. The summed E-state index contributed by atoms with van der Waals surface area (Å²) in [6.07, 6.45) is 0. The third-order valence-corrected chi connectivity index (χ3v) is 3.66. The first-order valence-electron chi connectivity index (χ1n) is 4.94. The number of aliphatic carboxylic acids is 1. The Hall–Kier alpha value is -1.53. The lowest BCUT2D eigenvalue weighted by Crippen LogP contribution is -2.32. The number of carboxylic acids is 1. The smallest absolute Gasteiger partial charge is 0.340 e. The monoisotopic (exact) mass is 253 g/mol. The molecule has 1 amide bonds. The van der Waals surface area contributed by atoms with Gasteiger partial charge in [0.05, 0.1) is 11.4 Å².